The van der Waals surface area contributed by atoms with Gasteiger partial charge in [0.15, 0.2) is 0 Å². The SMILES string of the molecule is C=CCCC(=O)OCCNc1cc(C(=O)OC)c(NCCOC(=O)CCC=C)cc1C(=O)OC. The molecular formula is C24H32N2O8. The summed E-state index contributed by atoms with van der Waals surface area (Å²) in [6, 6.07) is 2.88. The number of methoxy groups -OCH3 is 2. The first-order valence-electron chi connectivity index (χ1n) is 10.7. The van der Waals surface area contributed by atoms with Gasteiger partial charge in [0.1, 0.15) is 13.2 Å². The van der Waals surface area contributed by atoms with Crippen LogP contribution in [0.1, 0.15) is 46.4 Å². The highest BCUT2D eigenvalue weighted by molar-refractivity contribution is 6.03. The van der Waals surface area contributed by atoms with Gasteiger partial charge in [0.2, 0.25) is 0 Å². The molecule has 10 nitrogen and oxygen atoms in total. The maximum Gasteiger partial charge on any atom is 0.340 e. The van der Waals surface area contributed by atoms with Gasteiger partial charge < -0.3 is 29.6 Å². The highest BCUT2D eigenvalue weighted by Gasteiger charge is 2.20. The fourth-order valence-corrected chi connectivity index (χ4v) is 2.74. The fraction of sp³-hybridized carbons (Fsp3) is 0.417. The third kappa shape index (κ3) is 9.76. The third-order valence-corrected chi connectivity index (χ3v) is 4.43. The summed E-state index contributed by atoms with van der Waals surface area (Å²) in [7, 11) is 2.47. The van der Waals surface area contributed by atoms with Crippen LogP contribution < -0.4 is 10.6 Å². The van der Waals surface area contributed by atoms with Crippen molar-refractivity contribution < 1.29 is 38.1 Å². The summed E-state index contributed by atoms with van der Waals surface area (Å²) in [6.45, 7) is 7.60. The van der Waals surface area contributed by atoms with E-state index in [-0.39, 0.29) is 62.2 Å². The van der Waals surface area contributed by atoms with Crippen LogP contribution in [0.2, 0.25) is 0 Å². The van der Waals surface area contributed by atoms with Crippen molar-refractivity contribution >= 4 is 35.3 Å². The molecule has 2 N–H and O–H groups in total. The molecule has 0 fully saturated rings. The van der Waals surface area contributed by atoms with Crippen LogP contribution >= 0.6 is 0 Å². The number of carbonyl (C=O) groups is 4. The van der Waals surface area contributed by atoms with Crippen LogP contribution in [-0.4, -0.2) is 64.4 Å². The minimum absolute atomic E-state index is 0.0569. The van der Waals surface area contributed by atoms with Crippen molar-refractivity contribution in [3.63, 3.8) is 0 Å². The molecule has 0 spiro atoms. The van der Waals surface area contributed by atoms with E-state index in [2.05, 4.69) is 23.8 Å². The Morgan fingerprint density at radius 2 is 1.15 bits per heavy atom. The Morgan fingerprint density at radius 1 is 0.765 bits per heavy atom. The second kappa shape index (κ2) is 15.9. The minimum atomic E-state index is -0.638. The summed E-state index contributed by atoms with van der Waals surface area (Å²) < 4.78 is 19.9. The Morgan fingerprint density at radius 3 is 1.47 bits per heavy atom. The lowest BCUT2D eigenvalue weighted by atomic mass is 10.1. The van der Waals surface area contributed by atoms with Gasteiger partial charge in [-0.1, -0.05) is 12.2 Å². The number of ether oxygens (including phenoxy) is 4. The first-order valence-corrected chi connectivity index (χ1v) is 10.7. The molecule has 1 aromatic carbocycles. The maximum absolute atomic E-state index is 12.3. The topological polar surface area (TPSA) is 129 Å². The zero-order valence-electron chi connectivity index (χ0n) is 19.6. The van der Waals surface area contributed by atoms with E-state index < -0.39 is 11.9 Å². The Bertz CT molecular complexity index is 810. The van der Waals surface area contributed by atoms with Gasteiger partial charge in [-0.05, 0) is 25.0 Å². The van der Waals surface area contributed by atoms with Crippen LogP contribution in [0, 0.1) is 0 Å². The number of benzene rings is 1. The Labute approximate surface area is 199 Å². The highest BCUT2D eigenvalue weighted by atomic mass is 16.5. The number of hydrogen-bond acceptors (Lipinski definition) is 10. The minimum Gasteiger partial charge on any atom is -0.465 e. The maximum atomic E-state index is 12.3. The fourth-order valence-electron chi connectivity index (χ4n) is 2.74. The quantitative estimate of drug-likeness (QED) is 0.159. The van der Waals surface area contributed by atoms with E-state index in [1.807, 2.05) is 0 Å². The summed E-state index contributed by atoms with van der Waals surface area (Å²) in [5, 5.41) is 5.95. The Balaban J connectivity index is 2.93. The molecular weight excluding hydrogens is 444 g/mol. The first-order chi connectivity index (χ1) is 16.4. The molecule has 0 amide bonds. The van der Waals surface area contributed by atoms with Gasteiger partial charge in [-0.25, -0.2) is 9.59 Å². The van der Waals surface area contributed by atoms with Crippen LogP contribution in [0.3, 0.4) is 0 Å². The molecule has 0 aliphatic carbocycles. The van der Waals surface area contributed by atoms with Crippen LogP contribution in [0.5, 0.6) is 0 Å². The summed E-state index contributed by atoms with van der Waals surface area (Å²) in [4.78, 5) is 47.9. The van der Waals surface area contributed by atoms with Crippen molar-refractivity contribution in [2.75, 3.05) is 51.2 Å². The van der Waals surface area contributed by atoms with Gasteiger partial charge in [0, 0.05) is 37.3 Å². The van der Waals surface area contributed by atoms with Crippen LogP contribution in [-0.2, 0) is 28.5 Å². The normalized spacial score (nSPS) is 9.94. The van der Waals surface area contributed by atoms with Gasteiger partial charge in [-0.15, -0.1) is 13.2 Å². The lowest BCUT2D eigenvalue weighted by molar-refractivity contribution is -0.144. The molecule has 186 valence electrons. The lowest BCUT2D eigenvalue weighted by Crippen LogP contribution is -2.19. The lowest BCUT2D eigenvalue weighted by Gasteiger charge is -2.17. The molecule has 0 saturated heterocycles. The van der Waals surface area contributed by atoms with Crippen molar-refractivity contribution in [2.45, 2.75) is 25.7 Å². The van der Waals surface area contributed by atoms with E-state index in [0.29, 0.717) is 24.2 Å². The first kappa shape index (κ1) is 28.2. The van der Waals surface area contributed by atoms with Crippen LogP contribution in [0.25, 0.3) is 0 Å². The van der Waals surface area contributed by atoms with E-state index in [1.54, 1.807) is 12.2 Å². The number of allylic oxidation sites excluding steroid dienone is 2. The second-order valence-electron chi connectivity index (χ2n) is 6.88. The molecule has 1 aromatic rings. The Hall–Kier alpha value is -3.82. The predicted molar refractivity (Wildman–Crippen MR) is 127 cm³/mol. The third-order valence-electron chi connectivity index (χ3n) is 4.43. The number of hydrogen-bond donors (Lipinski definition) is 2. The largest absolute Gasteiger partial charge is 0.465 e. The molecule has 0 heterocycles. The molecule has 1 rings (SSSR count). The van der Waals surface area contributed by atoms with Crippen molar-refractivity contribution in [1.82, 2.24) is 0 Å². The number of carbonyl (C=O) groups excluding carboxylic acids is 4. The van der Waals surface area contributed by atoms with Crippen molar-refractivity contribution in [1.29, 1.82) is 0 Å². The number of rotatable bonds is 16. The second-order valence-corrected chi connectivity index (χ2v) is 6.88. The predicted octanol–water partition coefficient (Wildman–Crippen LogP) is 3.10. The monoisotopic (exact) mass is 476 g/mol. The van der Waals surface area contributed by atoms with Crippen LogP contribution in [0.15, 0.2) is 37.4 Å². The molecule has 34 heavy (non-hydrogen) atoms. The number of esters is 4. The highest BCUT2D eigenvalue weighted by Crippen LogP contribution is 2.27. The van der Waals surface area contributed by atoms with Crippen molar-refractivity contribution in [3.8, 4) is 0 Å². The number of nitrogens with one attached hydrogen (secondary N) is 2. The van der Waals surface area contributed by atoms with E-state index in [1.165, 1.54) is 26.4 Å². The molecule has 0 atom stereocenters. The van der Waals surface area contributed by atoms with Gasteiger partial charge >= 0.3 is 23.9 Å². The van der Waals surface area contributed by atoms with Gasteiger partial charge in [-0.3, -0.25) is 9.59 Å². The summed E-state index contributed by atoms with van der Waals surface area (Å²) in [6.07, 6.45) is 4.74. The Kier molecular flexibility index (Phi) is 13.2. The smallest absolute Gasteiger partial charge is 0.340 e. The van der Waals surface area contributed by atoms with Gasteiger partial charge in [-0.2, -0.15) is 0 Å². The van der Waals surface area contributed by atoms with Gasteiger partial charge in [0.05, 0.1) is 25.3 Å². The molecule has 0 aliphatic rings. The van der Waals surface area contributed by atoms with E-state index in [4.69, 9.17) is 18.9 Å². The van der Waals surface area contributed by atoms with Crippen LogP contribution in [0.4, 0.5) is 11.4 Å². The molecule has 0 radical (unpaired) electrons. The van der Waals surface area contributed by atoms with Crippen molar-refractivity contribution in [3.05, 3.63) is 48.6 Å². The zero-order valence-corrected chi connectivity index (χ0v) is 19.6. The standard InChI is InChI=1S/C24H32N2O8/c1-5-7-9-21(27)33-13-11-25-19-15-18(24(30)32-4)20(16-17(19)23(29)31-3)26-12-14-34-22(28)10-8-6-2/h5-6,15-16,25-26H,1-2,7-14H2,3-4H3. The average Bonchev–Trinajstić information content (AvgIpc) is 2.85. The summed E-state index contributed by atoms with van der Waals surface area (Å²) >= 11 is 0. The summed E-state index contributed by atoms with van der Waals surface area (Å²) in [5.41, 5.74) is 0.906. The summed E-state index contributed by atoms with van der Waals surface area (Å²) in [5.74, 6) is -2.01. The molecule has 0 bridgehead atoms. The van der Waals surface area contributed by atoms with Crippen molar-refractivity contribution in [2.24, 2.45) is 0 Å². The van der Waals surface area contributed by atoms with E-state index >= 15 is 0 Å². The average molecular weight is 477 g/mol. The van der Waals surface area contributed by atoms with E-state index in [0.717, 1.165) is 0 Å². The molecule has 0 saturated carbocycles. The molecule has 0 aromatic heterocycles. The molecule has 0 unspecified atom stereocenters. The molecule has 10 heteroatoms. The van der Waals surface area contributed by atoms with Gasteiger partial charge in [0.25, 0.3) is 0 Å². The van der Waals surface area contributed by atoms with E-state index in [9.17, 15) is 19.2 Å². The molecule has 0 aliphatic heterocycles. The number of anilines is 2. The zero-order chi connectivity index (χ0) is 25.3.